The standard InChI is InChI=1S/C10H14O2S2/c1-2-14-10(13-1)5-8-7-3-6(11-8)4-9(10)12-7/h6-9H,1-5H2/t6-,7-,8-,9+/m1/s1. The predicted molar refractivity (Wildman–Crippen MR) is 58.8 cm³/mol. The molecule has 4 aliphatic heterocycles. The first-order valence-electron chi connectivity index (χ1n) is 5.45. The lowest BCUT2D eigenvalue weighted by Gasteiger charge is -2.44. The zero-order valence-electron chi connectivity index (χ0n) is 7.98. The highest BCUT2D eigenvalue weighted by atomic mass is 32.2. The average Bonchev–Trinajstić information content (AvgIpc) is 2.71. The highest BCUT2D eigenvalue weighted by molar-refractivity contribution is 8.21. The van der Waals surface area contributed by atoms with Crippen LogP contribution < -0.4 is 0 Å². The summed E-state index contributed by atoms with van der Waals surface area (Å²) < 4.78 is 12.5. The predicted octanol–water partition coefficient (Wildman–Crippen LogP) is 1.88. The molecule has 4 aliphatic rings. The minimum atomic E-state index is 0.371. The Morgan fingerprint density at radius 1 is 1.00 bits per heavy atom. The number of hydrogen-bond donors (Lipinski definition) is 0. The van der Waals surface area contributed by atoms with E-state index in [9.17, 15) is 0 Å². The van der Waals surface area contributed by atoms with Gasteiger partial charge in [0.2, 0.25) is 0 Å². The summed E-state index contributed by atoms with van der Waals surface area (Å²) in [5.41, 5.74) is 0. The molecule has 4 heteroatoms. The summed E-state index contributed by atoms with van der Waals surface area (Å²) in [5.74, 6) is 2.60. The van der Waals surface area contributed by atoms with Crippen LogP contribution in [-0.2, 0) is 9.47 Å². The van der Waals surface area contributed by atoms with Crippen molar-refractivity contribution >= 4 is 23.5 Å². The van der Waals surface area contributed by atoms with Crippen molar-refractivity contribution in [1.82, 2.24) is 0 Å². The third-order valence-corrected chi connectivity index (χ3v) is 7.46. The Bertz CT molecular complexity index is 263. The maximum atomic E-state index is 6.15. The van der Waals surface area contributed by atoms with Crippen LogP contribution in [0.2, 0.25) is 0 Å². The van der Waals surface area contributed by atoms with E-state index in [1.165, 1.54) is 17.9 Å². The minimum Gasteiger partial charge on any atom is -0.372 e. The average molecular weight is 230 g/mol. The SMILES string of the molecule is C1CSC2(C[C@H]3O[C@H]4C[C@@H]2O[C@@H]3C4)S1. The second-order valence-electron chi connectivity index (χ2n) is 4.64. The van der Waals surface area contributed by atoms with Crippen LogP contribution in [0.15, 0.2) is 0 Å². The Morgan fingerprint density at radius 3 is 2.71 bits per heavy atom. The van der Waals surface area contributed by atoms with Gasteiger partial charge in [-0.2, -0.15) is 0 Å². The first-order chi connectivity index (χ1) is 6.86. The van der Waals surface area contributed by atoms with Gasteiger partial charge in [0.1, 0.15) is 0 Å². The fourth-order valence-corrected chi connectivity index (χ4v) is 6.68. The van der Waals surface area contributed by atoms with Crippen molar-refractivity contribution in [2.45, 2.75) is 47.8 Å². The minimum absolute atomic E-state index is 0.371. The topological polar surface area (TPSA) is 18.5 Å². The summed E-state index contributed by atoms with van der Waals surface area (Å²) in [6.45, 7) is 0. The number of ether oxygens (including phenoxy) is 2. The third kappa shape index (κ3) is 1.03. The second kappa shape index (κ2) is 2.84. The van der Waals surface area contributed by atoms with Crippen LogP contribution in [0, 0.1) is 0 Å². The van der Waals surface area contributed by atoms with Gasteiger partial charge in [0, 0.05) is 30.8 Å². The fourth-order valence-electron chi connectivity index (χ4n) is 3.25. The van der Waals surface area contributed by atoms with E-state index in [2.05, 4.69) is 23.5 Å². The van der Waals surface area contributed by atoms with Crippen LogP contribution in [0.4, 0.5) is 0 Å². The Kier molecular flexibility index (Phi) is 1.77. The Morgan fingerprint density at radius 2 is 1.86 bits per heavy atom. The number of thioether (sulfide) groups is 2. The zero-order chi connectivity index (χ0) is 9.17. The number of fused-ring (bicyclic) bond motifs is 3. The van der Waals surface area contributed by atoms with Crippen molar-refractivity contribution < 1.29 is 9.47 Å². The molecule has 0 N–H and O–H groups in total. The molecule has 3 bridgehead atoms. The van der Waals surface area contributed by atoms with Gasteiger partial charge >= 0.3 is 0 Å². The molecule has 14 heavy (non-hydrogen) atoms. The summed E-state index contributed by atoms with van der Waals surface area (Å²) in [5, 5.41) is 0. The molecule has 0 radical (unpaired) electrons. The van der Waals surface area contributed by atoms with Gasteiger partial charge in [-0.15, -0.1) is 23.5 Å². The van der Waals surface area contributed by atoms with E-state index in [4.69, 9.17) is 9.47 Å². The van der Waals surface area contributed by atoms with Crippen LogP contribution in [-0.4, -0.2) is 40.0 Å². The molecule has 0 saturated carbocycles. The lowest BCUT2D eigenvalue weighted by atomic mass is 9.91. The molecule has 4 heterocycles. The van der Waals surface area contributed by atoms with Gasteiger partial charge in [0.15, 0.2) is 0 Å². The van der Waals surface area contributed by atoms with Crippen molar-refractivity contribution in [3.05, 3.63) is 0 Å². The maximum Gasteiger partial charge on any atom is 0.0898 e. The Balaban J connectivity index is 1.71. The summed E-state index contributed by atoms with van der Waals surface area (Å²) in [6.07, 6.45) is 5.38. The van der Waals surface area contributed by atoms with Gasteiger partial charge in [-0.1, -0.05) is 0 Å². The molecule has 0 aliphatic carbocycles. The summed E-state index contributed by atoms with van der Waals surface area (Å²) in [7, 11) is 0. The second-order valence-corrected chi connectivity index (χ2v) is 7.75. The van der Waals surface area contributed by atoms with Gasteiger partial charge in [0.05, 0.1) is 28.5 Å². The van der Waals surface area contributed by atoms with E-state index < -0.39 is 0 Å². The van der Waals surface area contributed by atoms with Crippen molar-refractivity contribution in [3.63, 3.8) is 0 Å². The number of rotatable bonds is 0. The number of hydrogen-bond acceptors (Lipinski definition) is 4. The van der Waals surface area contributed by atoms with Crippen molar-refractivity contribution in [2.75, 3.05) is 11.5 Å². The van der Waals surface area contributed by atoms with Gasteiger partial charge in [-0.05, 0) is 0 Å². The molecular formula is C10H14O2S2. The molecule has 0 aromatic carbocycles. The first-order valence-corrected chi connectivity index (χ1v) is 7.42. The van der Waals surface area contributed by atoms with Gasteiger partial charge in [-0.3, -0.25) is 0 Å². The van der Waals surface area contributed by atoms with Gasteiger partial charge < -0.3 is 9.47 Å². The molecule has 78 valence electrons. The smallest absolute Gasteiger partial charge is 0.0898 e. The maximum absolute atomic E-state index is 6.15. The molecule has 4 rings (SSSR count). The van der Waals surface area contributed by atoms with Crippen LogP contribution in [0.5, 0.6) is 0 Å². The van der Waals surface area contributed by atoms with E-state index in [1.807, 2.05) is 0 Å². The quantitative estimate of drug-likeness (QED) is 0.632. The monoisotopic (exact) mass is 230 g/mol. The molecule has 1 spiro atoms. The van der Waals surface area contributed by atoms with Crippen LogP contribution in [0.3, 0.4) is 0 Å². The van der Waals surface area contributed by atoms with Gasteiger partial charge in [-0.25, -0.2) is 0 Å². The normalized spacial score (nSPS) is 53.1. The van der Waals surface area contributed by atoms with Crippen LogP contribution >= 0.6 is 23.5 Å². The molecule has 0 amide bonds. The van der Waals surface area contributed by atoms with E-state index in [1.54, 1.807) is 0 Å². The van der Waals surface area contributed by atoms with Gasteiger partial charge in [0.25, 0.3) is 0 Å². The van der Waals surface area contributed by atoms with Crippen LogP contribution in [0.25, 0.3) is 0 Å². The highest BCUT2D eigenvalue weighted by Gasteiger charge is 2.58. The fraction of sp³-hybridized carbons (Fsp3) is 1.00. The first kappa shape index (κ1) is 8.74. The molecule has 0 aromatic heterocycles. The molecule has 4 saturated heterocycles. The lowest BCUT2D eigenvalue weighted by molar-refractivity contribution is -0.0786. The zero-order valence-corrected chi connectivity index (χ0v) is 9.61. The molecule has 2 nitrogen and oxygen atoms in total. The summed E-state index contributed by atoms with van der Waals surface area (Å²) in [6, 6.07) is 0. The highest BCUT2D eigenvalue weighted by Crippen LogP contribution is 2.58. The molecule has 0 aromatic rings. The molecule has 0 unspecified atom stereocenters. The van der Waals surface area contributed by atoms with Crippen molar-refractivity contribution in [1.29, 1.82) is 0 Å². The van der Waals surface area contributed by atoms with E-state index in [0.717, 1.165) is 12.8 Å². The van der Waals surface area contributed by atoms with E-state index in [0.29, 0.717) is 28.5 Å². The largest absolute Gasteiger partial charge is 0.372 e. The van der Waals surface area contributed by atoms with Crippen LogP contribution in [0.1, 0.15) is 19.3 Å². The lowest BCUT2D eigenvalue weighted by Crippen LogP contribution is -2.50. The Labute approximate surface area is 92.5 Å². The molecule has 4 fully saturated rings. The van der Waals surface area contributed by atoms with Crippen molar-refractivity contribution in [2.24, 2.45) is 0 Å². The van der Waals surface area contributed by atoms with E-state index in [-0.39, 0.29) is 0 Å². The summed E-state index contributed by atoms with van der Waals surface area (Å²) >= 11 is 4.25. The van der Waals surface area contributed by atoms with Crippen molar-refractivity contribution in [3.8, 4) is 0 Å². The molecular weight excluding hydrogens is 216 g/mol. The third-order valence-electron chi connectivity index (χ3n) is 3.85. The Hall–Kier alpha value is 0.620. The molecule has 4 atom stereocenters. The summed E-state index contributed by atoms with van der Waals surface area (Å²) in [4.78, 5) is 0. The van der Waals surface area contributed by atoms with E-state index >= 15 is 0 Å².